The van der Waals surface area contributed by atoms with Crippen LogP contribution in [0.2, 0.25) is 0 Å². The van der Waals surface area contributed by atoms with Crippen LogP contribution in [0, 0.1) is 0 Å². The lowest BCUT2D eigenvalue weighted by atomic mass is 10.1. The maximum absolute atomic E-state index is 12.3. The second-order valence-corrected chi connectivity index (χ2v) is 4.59. The van der Waals surface area contributed by atoms with Crippen LogP contribution in [0.4, 0.5) is 0 Å². The van der Waals surface area contributed by atoms with Gasteiger partial charge >= 0.3 is 0 Å². The molecule has 0 fully saturated rings. The highest BCUT2D eigenvalue weighted by Gasteiger charge is 2.15. The van der Waals surface area contributed by atoms with Crippen molar-refractivity contribution in [3.05, 3.63) is 54.0 Å². The molecule has 0 radical (unpaired) electrons. The molecule has 20 heavy (non-hydrogen) atoms. The zero-order chi connectivity index (χ0) is 14.4. The highest BCUT2D eigenvalue weighted by molar-refractivity contribution is 5.97. The van der Waals surface area contributed by atoms with Gasteiger partial charge in [0.1, 0.15) is 11.5 Å². The van der Waals surface area contributed by atoms with Crippen molar-refractivity contribution in [2.45, 2.75) is 26.3 Å². The van der Waals surface area contributed by atoms with E-state index < -0.39 is 0 Å². The topological polar surface area (TPSA) is 51.5 Å². The lowest BCUT2D eigenvalue weighted by Gasteiger charge is -2.14. The lowest BCUT2D eigenvalue weighted by molar-refractivity contribution is 0.0935. The number of carbonyl (C=O) groups excluding carboxylic acids is 1. The summed E-state index contributed by atoms with van der Waals surface area (Å²) in [5.74, 6) is 1.33. The molecular weight excluding hydrogens is 254 g/mol. The van der Waals surface area contributed by atoms with E-state index in [4.69, 9.17) is 9.15 Å². The van der Waals surface area contributed by atoms with Crippen LogP contribution >= 0.6 is 0 Å². The minimum Gasteiger partial charge on any atom is -0.493 e. The van der Waals surface area contributed by atoms with Gasteiger partial charge < -0.3 is 14.5 Å². The molecule has 0 aliphatic heterocycles. The number of para-hydroxylation sites is 1. The predicted octanol–water partition coefficient (Wildman–Crippen LogP) is 3.04. The summed E-state index contributed by atoms with van der Waals surface area (Å²) in [6.45, 7) is 4.38. The Bertz CT molecular complexity index is 549. The third kappa shape index (κ3) is 3.63. The molecule has 4 heteroatoms. The average Bonchev–Trinajstić information content (AvgIpc) is 2.92. The van der Waals surface area contributed by atoms with E-state index in [1.807, 2.05) is 38.1 Å². The maximum atomic E-state index is 12.3. The van der Waals surface area contributed by atoms with Gasteiger partial charge in [0.05, 0.1) is 18.4 Å². The molecule has 4 nitrogen and oxygen atoms in total. The van der Waals surface area contributed by atoms with Crippen molar-refractivity contribution in [2.75, 3.05) is 6.61 Å². The van der Waals surface area contributed by atoms with E-state index in [9.17, 15) is 4.79 Å². The van der Waals surface area contributed by atoms with Crippen LogP contribution in [0.1, 0.15) is 30.0 Å². The molecule has 1 unspecified atom stereocenters. The van der Waals surface area contributed by atoms with E-state index in [1.54, 1.807) is 18.4 Å². The van der Waals surface area contributed by atoms with Gasteiger partial charge in [-0.05, 0) is 38.1 Å². The van der Waals surface area contributed by atoms with Crippen LogP contribution in [-0.2, 0) is 6.42 Å². The van der Waals surface area contributed by atoms with Gasteiger partial charge in [-0.2, -0.15) is 0 Å². The standard InChI is InChI=1S/C16H19NO3/c1-3-19-15-9-5-4-8-14(15)16(18)17-12(2)11-13-7-6-10-20-13/h4-10,12H,3,11H2,1-2H3,(H,17,18). The fraction of sp³-hybridized carbons (Fsp3) is 0.312. The van der Waals surface area contributed by atoms with E-state index in [2.05, 4.69) is 5.32 Å². The highest BCUT2D eigenvalue weighted by atomic mass is 16.5. The number of benzene rings is 1. The van der Waals surface area contributed by atoms with Crippen LogP contribution in [0.3, 0.4) is 0 Å². The van der Waals surface area contributed by atoms with E-state index in [0.717, 1.165) is 5.76 Å². The van der Waals surface area contributed by atoms with Crippen molar-refractivity contribution < 1.29 is 13.9 Å². The summed E-state index contributed by atoms with van der Waals surface area (Å²) in [6.07, 6.45) is 2.30. The zero-order valence-corrected chi connectivity index (χ0v) is 11.8. The largest absolute Gasteiger partial charge is 0.493 e. The SMILES string of the molecule is CCOc1ccccc1C(=O)NC(C)Cc1ccco1. The molecule has 2 aromatic rings. The molecule has 0 bridgehead atoms. The molecule has 1 amide bonds. The molecule has 0 saturated carbocycles. The van der Waals surface area contributed by atoms with E-state index in [0.29, 0.717) is 24.3 Å². The molecule has 0 spiro atoms. The summed E-state index contributed by atoms with van der Waals surface area (Å²) < 4.78 is 10.7. The smallest absolute Gasteiger partial charge is 0.255 e. The van der Waals surface area contributed by atoms with Crippen molar-refractivity contribution in [1.29, 1.82) is 0 Å². The van der Waals surface area contributed by atoms with Crippen LogP contribution < -0.4 is 10.1 Å². The Morgan fingerprint density at radius 2 is 2.10 bits per heavy atom. The minimum atomic E-state index is -0.131. The number of hydrogen-bond acceptors (Lipinski definition) is 3. The first-order valence-corrected chi connectivity index (χ1v) is 6.75. The number of nitrogens with one attached hydrogen (secondary N) is 1. The monoisotopic (exact) mass is 273 g/mol. The first kappa shape index (κ1) is 14.2. The fourth-order valence-corrected chi connectivity index (χ4v) is 2.02. The summed E-state index contributed by atoms with van der Waals surface area (Å²) in [4.78, 5) is 12.3. The second kappa shape index (κ2) is 6.80. The third-order valence-electron chi connectivity index (χ3n) is 2.90. The maximum Gasteiger partial charge on any atom is 0.255 e. The van der Waals surface area contributed by atoms with Gasteiger partial charge in [0.15, 0.2) is 0 Å². The Hall–Kier alpha value is -2.23. The molecule has 1 atom stereocenters. The molecule has 106 valence electrons. The number of carbonyl (C=O) groups is 1. The highest BCUT2D eigenvalue weighted by Crippen LogP contribution is 2.18. The van der Waals surface area contributed by atoms with Crippen LogP contribution in [-0.4, -0.2) is 18.6 Å². The van der Waals surface area contributed by atoms with Gasteiger partial charge in [-0.25, -0.2) is 0 Å². The van der Waals surface area contributed by atoms with Gasteiger partial charge in [0.25, 0.3) is 5.91 Å². The molecule has 0 aliphatic rings. The molecular formula is C16H19NO3. The number of furan rings is 1. The van der Waals surface area contributed by atoms with Crippen molar-refractivity contribution in [2.24, 2.45) is 0 Å². The van der Waals surface area contributed by atoms with Gasteiger partial charge in [-0.15, -0.1) is 0 Å². The Morgan fingerprint density at radius 1 is 1.30 bits per heavy atom. The summed E-state index contributed by atoms with van der Waals surface area (Å²) >= 11 is 0. The quantitative estimate of drug-likeness (QED) is 0.880. The van der Waals surface area contributed by atoms with Crippen LogP contribution in [0.5, 0.6) is 5.75 Å². The molecule has 1 aromatic heterocycles. The molecule has 1 aromatic carbocycles. The summed E-state index contributed by atoms with van der Waals surface area (Å²) in [6, 6.07) is 11.0. The second-order valence-electron chi connectivity index (χ2n) is 4.59. The average molecular weight is 273 g/mol. The summed E-state index contributed by atoms with van der Waals surface area (Å²) in [7, 11) is 0. The number of rotatable bonds is 6. The van der Waals surface area contributed by atoms with Crippen LogP contribution in [0.25, 0.3) is 0 Å². The number of ether oxygens (including phenoxy) is 1. The van der Waals surface area contributed by atoms with Crippen molar-refractivity contribution in [1.82, 2.24) is 5.32 Å². The van der Waals surface area contributed by atoms with Crippen LogP contribution in [0.15, 0.2) is 47.1 Å². The van der Waals surface area contributed by atoms with Gasteiger partial charge in [-0.1, -0.05) is 12.1 Å². The summed E-state index contributed by atoms with van der Waals surface area (Å²) in [5.41, 5.74) is 0.556. The number of amides is 1. The van der Waals surface area contributed by atoms with Gasteiger partial charge in [-0.3, -0.25) is 4.79 Å². The van der Waals surface area contributed by atoms with Crippen molar-refractivity contribution in [3.63, 3.8) is 0 Å². The zero-order valence-electron chi connectivity index (χ0n) is 11.8. The lowest BCUT2D eigenvalue weighted by Crippen LogP contribution is -2.34. The first-order chi connectivity index (χ1) is 9.70. The minimum absolute atomic E-state index is 0.0108. The van der Waals surface area contributed by atoms with E-state index in [1.165, 1.54) is 0 Å². The number of hydrogen-bond donors (Lipinski definition) is 1. The fourth-order valence-electron chi connectivity index (χ4n) is 2.02. The molecule has 0 aliphatic carbocycles. The molecule has 1 N–H and O–H groups in total. The van der Waals surface area contributed by atoms with E-state index >= 15 is 0 Å². The molecule has 0 saturated heterocycles. The normalized spacial score (nSPS) is 11.9. The predicted molar refractivity (Wildman–Crippen MR) is 77.0 cm³/mol. The third-order valence-corrected chi connectivity index (χ3v) is 2.90. The Kier molecular flexibility index (Phi) is 4.82. The van der Waals surface area contributed by atoms with E-state index in [-0.39, 0.29) is 11.9 Å². The Morgan fingerprint density at radius 3 is 2.80 bits per heavy atom. The Labute approximate surface area is 118 Å². The molecule has 2 rings (SSSR count). The first-order valence-electron chi connectivity index (χ1n) is 6.75. The molecule has 1 heterocycles. The van der Waals surface area contributed by atoms with Crippen molar-refractivity contribution >= 4 is 5.91 Å². The van der Waals surface area contributed by atoms with Crippen molar-refractivity contribution in [3.8, 4) is 5.75 Å². The van der Waals surface area contributed by atoms with Gasteiger partial charge in [0, 0.05) is 12.5 Å². The Balaban J connectivity index is 2.00. The van der Waals surface area contributed by atoms with Gasteiger partial charge in [0.2, 0.25) is 0 Å². The summed E-state index contributed by atoms with van der Waals surface area (Å²) in [5, 5.41) is 2.95.